The molecule has 3 aliphatic heterocycles. The molecule has 4 heterocycles. The van der Waals surface area contributed by atoms with Crippen LogP contribution >= 0.6 is 23.2 Å². The normalized spacial score (nSPS) is 19.7. The minimum Gasteiger partial charge on any atom is -0.494 e. The van der Waals surface area contributed by atoms with Gasteiger partial charge in [0.15, 0.2) is 5.82 Å². The summed E-state index contributed by atoms with van der Waals surface area (Å²) in [6, 6.07) is 11.6. The third kappa shape index (κ3) is 7.03. The fourth-order valence-electron chi connectivity index (χ4n) is 6.47. The number of hydroxylamine groups is 1. The first-order valence-corrected chi connectivity index (χ1v) is 16.4. The number of anilines is 5. The number of likely N-dealkylation sites (N-methyl/N-ethyl adjacent to an activating group) is 1. The van der Waals surface area contributed by atoms with Crippen molar-refractivity contribution in [3.63, 3.8) is 0 Å². The zero-order valence-corrected chi connectivity index (χ0v) is 27.7. The van der Waals surface area contributed by atoms with Crippen molar-refractivity contribution < 1.29 is 14.4 Å². The molecular formula is C33H40Cl2N8O3. The minimum absolute atomic E-state index is 0.163. The standard InChI is InChI=1S/C33H40Cl2N8O3/c1-4-32(44)39-25-18-26(29(45-3)19-28(25)42-11-8-22(9-12-42)41-15-13-40(2)14-16-41)38-30-20-31(37-21-36-30)43-27(10-17-46-43)23-6-5-7-24(34)33(23)35/h4-7,18-22,27H,1,8-17H2,2-3H3,(H,39,44)(H,36,37,38)/t27-/m1/s1. The molecule has 0 radical (unpaired) electrons. The summed E-state index contributed by atoms with van der Waals surface area (Å²) in [5.74, 6) is 1.42. The van der Waals surface area contributed by atoms with Crippen molar-refractivity contribution in [1.29, 1.82) is 0 Å². The van der Waals surface area contributed by atoms with Gasteiger partial charge in [-0.1, -0.05) is 41.9 Å². The Hall–Kier alpha value is -3.61. The van der Waals surface area contributed by atoms with Gasteiger partial charge in [0.2, 0.25) is 5.91 Å². The van der Waals surface area contributed by atoms with Crippen molar-refractivity contribution in [3.8, 4) is 5.75 Å². The van der Waals surface area contributed by atoms with Crippen molar-refractivity contribution in [2.45, 2.75) is 31.3 Å². The molecule has 2 N–H and O–H groups in total. The van der Waals surface area contributed by atoms with Gasteiger partial charge in [-0.15, -0.1) is 0 Å². The second-order valence-corrected chi connectivity index (χ2v) is 12.6. The molecule has 0 aliphatic carbocycles. The smallest absolute Gasteiger partial charge is 0.247 e. The molecule has 3 fully saturated rings. The van der Waals surface area contributed by atoms with Gasteiger partial charge in [-0.05, 0) is 43.7 Å². The van der Waals surface area contributed by atoms with E-state index in [0.29, 0.717) is 51.5 Å². The summed E-state index contributed by atoms with van der Waals surface area (Å²) in [4.78, 5) is 34.8. The Bertz CT molecular complexity index is 1560. The van der Waals surface area contributed by atoms with Crippen LogP contribution in [0.2, 0.25) is 10.0 Å². The Morgan fingerprint density at radius 3 is 2.57 bits per heavy atom. The molecule has 1 aromatic heterocycles. The molecule has 244 valence electrons. The monoisotopic (exact) mass is 666 g/mol. The Labute approximate surface area is 280 Å². The van der Waals surface area contributed by atoms with E-state index in [4.69, 9.17) is 32.8 Å². The van der Waals surface area contributed by atoms with Gasteiger partial charge in [0.1, 0.15) is 17.9 Å². The first-order chi connectivity index (χ1) is 22.3. The number of carbonyl (C=O) groups excluding carboxylic acids is 1. The Morgan fingerprint density at radius 1 is 1.04 bits per heavy atom. The first kappa shape index (κ1) is 32.3. The Balaban J connectivity index is 1.23. The molecule has 3 aromatic rings. The highest BCUT2D eigenvalue weighted by molar-refractivity contribution is 6.42. The van der Waals surface area contributed by atoms with Crippen molar-refractivity contribution in [3.05, 3.63) is 71.0 Å². The number of benzene rings is 2. The lowest BCUT2D eigenvalue weighted by Crippen LogP contribution is -2.52. The summed E-state index contributed by atoms with van der Waals surface area (Å²) in [5, 5.41) is 9.11. The molecule has 1 atom stereocenters. The van der Waals surface area contributed by atoms with E-state index in [9.17, 15) is 4.79 Å². The van der Waals surface area contributed by atoms with Crippen LogP contribution in [0.25, 0.3) is 0 Å². The largest absolute Gasteiger partial charge is 0.494 e. The molecule has 0 spiro atoms. The predicted octanol–water partition coefficient (Wildman–Crippen LogP) is 5.76. The van der Waals surface area contributed by atoms with Crippen molar-refractivity contribution in [1.82, 2.24) is 19.8 Å². The number of piperazine rings is 1. The Morgan fingerprint density at radius 2 is 1.83 bits per heavy atom. The maximum atomic E-state index is 12.5. The number of rotatable bonds is 9. The van der Waals surface area contributed by atoms with Crippen LogP contribution in [0.4, 0.5) is 28.7 Å². The van der Waals surface area contributed by atoms with Gasteiger partial charge in [0.25, 0.3) is 0 Å². The minimum atomic E-state index is -0.286. The van der Waals surface area contributed by atoms with Crippen LogP contribution in [0.15, 0.2) is 55.4 Å². The fraction of sp³-hybridized carbons (Fsp3) is 0.424. The number of hydrogen-bond donors (Lipinski definition) is 2. The molecule has 3 saturated heterocycles. The summed E-state index contributed by atoms with van der Waals surface area (Å²) in [6.07, 6.45) is 5.59. The van der Waals surface area contributed by atoms with Gasteiger partial charge in [-0.25, -0.2) is 15.0 Å². The molecule has 6 rings (SSSR count). The number of nitrogens with zero attached hydrogens (tertiary/aromatic N) is 6. The van der Waals surface area contributed by atoms with Crippen molar-refractivity contribution in [2.24, 2.45) is 0 Å². The predicted molar refractivity (Wildman–Crippen MR) is 184 cm³/mol. The molecule has 1 amide bonds. The van der Waals surface area contributed by atoms with E-state index in [1.165, 1.54) is 12.4 Å². The van der Waals surface area contributed by atoms with Gasteiger partial charge >= 0.3 is 0 Å². The van der Waals surface area contributed by atoms with Gasteiger partial charge in [0.05, 0.1) is 46.9 Å². The number of amides is 1. The lowest BCUT2D eigenvalue weighted by atomic mass is 10.0. The number of aromatic nitrogens is 2. The zero-order chi connectivity index (χ0) is 32.2. The number of methoxy groups -OCH3 is 1. The summed E-state index contributed by atoms with van der Waals surface area (Å²) in [5.41, 5.74) is 3.08. The number of carbonyl (C=O) groups is 1. The average molecular weight is 668 g/mol. The van der Waals surface area contributed by atoms with Crippen LogP contribution in [0.3, 0.4) is 0 Å². The van der Waals surface area contributed by atoms with Crippen LogP contribution in [0.5, 0.6) is 5.75 Å². The maximum absolute atomic E-state index is 12.5. The number of hydrogen-bond acceptors (Lipinski definition) is 10. The second-order valence-electron chi connectivity index (χ2n) is 11.8. The van der Waals surface area contributed by atoms with E-state index in [-0.39, 0.29) is 11.9 Å². The molecule has 0 bridgehead atoms. The van der Waals surface area contributed by atoms with Gasteiger partial charge < -0.3 is 25.2 Å². The fourth-order valence-corrected chi connectivity index (χ4v) is 6.90. The summed E-state index contributed by atoms with van der Waals surface area (Å²) < 4.78 is 5.85. The maximum Gasteiger partial charge on any atom is 0.247 e. The highest BCUT2D eigenvalue weighted by Gasteiger charge is 2.32. The quantitative estimate of drug-likeness (QED) is 0.274. The molecule has 3 aliphatic rings. The van der Waals surface area contributed by atoms with Crippen molar-refractivity contribution in [2.75, 3.05) is 80.6 Å². The zero-order valence-electron chi connectivity index (χ0n) is 26.2. The SMILES string of the molecule is C=CC(=O)Nc1cc(Nc2cc(N3OCC[C@@H]3c3cccc(Cl)c3Cl)ncn2)c(OC)cc1N1CCC(N2CCN(C)CC2)CC1. The van der Waals surface area contributed by atoms with E-state index >= 15 is 0 Å². The summed E-state index contributed by atoms with van der Waals surface area (Å²) in [7, 11) is 3.82. The summed E-state index contributed by atoms with van der Waals surface area (Å²) >= 11 is 12.9. The molecule has 2 aromatic carbocycles. The first-order valence-electron chi connectivity index (χ1n) is 15.6. The molecule has 11 nitrogen and oxygen atoms in total. The van der Waals surface area contributed by atoms with Crippen LogP contribution in [-0.4, -0.2) is 91.7 Å². The number of halogens is 2. The summed E-state index contributed by atoms with van der Waals surface area (Å²) in [6.45, 7) is 10.4. The number of nitrogens with one attached hydrogen (secondary N) is 2. The van der Waals surface area contributed by atoms with Crippen LogP contribution in [0.1, 0.15) is 30.9 Å². The lowest BCUT2D eigenvalue weighted by Gasteiger charge is -2.43. The van der Waals surface area contributed by atoms with Crippen molar-refractivity contribution >= 4 is 57.8 Å². The molecule has 46 heavy (non-hydrogen) atoms. The van der Waals surface area contributed by atoms with Crippen LogP contribution in [0, 0.1) is 0 Å². The van der Waals surface area contributed by atoms with E-state index in [1.807, 2.05) is 24.3 Å². The highest BCUT2D eigenvalue weighted by atomic mass is 35.5. The van der Waals surface area contributed by atoms with Gasteiger partial charge in [-0.2, -0.15) is 0 Å². The van der Waals surface area contributed by atoms with Crippen LogP contribution in [-0.2, 0) is 9.63 Å². The van der Waals surface area contributed by atoms with E-state index in [1.54, 1.807) is 24.3 Å². The molecule has 13 heteroatoms. The lowest BCUT2D eigenvalue weighted by molar-refractivity contribution is -0.111. The molecular weight excluding hydrogens is 627 g/mol. The Kier molecular flexibility index (Phi) is 10.1. The molecule has 0 saturated carbocycles. The van der Waals surface area contributed by atoms with E-state index < -0.39 is 0 Å². The second kappa shape index (κ2) is 14.4. The third-order valence-electron chi connectivity index (χ3n) is 9.01. The highest BCUT2D eigenvalue weighted by Crippen LogP contribution is 2.42. The van der Waals surface area contributed by atoms with E-state index in [2.05, 4.69) is 48.9 Å². The number of piperidine rings is 1. The third-order valence-corrected chi connectivity index (χ3v) is 9.84. The number of ether oxygens (including phenoxy) is 1. The van der Waals surface area contributed by atoms with Gasteiger partial charge in [0, 0.05) is 63.9 Å². The van der Waals surface area contributed by atoms with Gasteiger partial charge in [-0.3, -0.25) is 14.5 Å². The topological polar surface area (TPSA) is 98.3 Å². The van der Waals surface area contributed by atoms with Crippen LogP contribution < -0.4 is 25.3 Å². The van der Waals surface area contributed by atoms with E-state index in [0.717, 1.165) is 69.8 Å². The molecule has 0 unspecified atom stereocenters. The average Bonchev–Trinajstić information content (AvgIpc) is 3.57.